The van der Waals surface area contributed by atoms with Crippen LogP contribution in [0.25, 0.3) is 0 Å². The summed E-state index contributed by atoms with van der Waals surface area (Å²) in [6, 6.07) is 3.23. The van der Waals surface area contributed by atoms with Gasteiger partial charge >= 0.3 is 12.0 Å². The lowest BCUT2D eigenvalue weighted by Crippen LogP contribution is -2.30. The molecule has 0 fully saturated rings. The molecule has 4 N–H and O–H groups in total. The number of anilines is 1. The molecule has 2 amide bonds. The van der Waals surface area contributed by atoms with Crippen molar-refractivity contribution < 1.29 is 24.3 Å². The molecule has 0 radical (unpaired) electrons. The highest BCUT2D eigenvalue weighted by atomic mass is 16.5. The molecule has 2 rings (SSSR count). The largest absolute Gasteiger partial charge is 0.507 e. The first-order valence-electron chi connectivity index (χ1n) is 5.93. The number of hydrogen-bond acceptors (Lipinski definition) is 6. The molecule has 0 unspecified atom stereocenters. The molecule has 21 heavy (non-hydrogen) atoms. The summed E-state index contributed by atoms with van der Waals surface area (Å²) in [5.41, 5.74) is -0.0425. The lowest BCUT2D eigenvalue weighted by Gasteiger charge is -2.08. The van der Waals surface area contributed by atoms with E-state index in [1.165, 1.54) is 18.5 Å². The Bertz CT molecular complexity index is 641. The van der Waals surface area contributed by atoms with Crippen LogP contribution in [0, 0.1) is 0 Å². The van der Waals surface area contributed by atoms with Crippen LogP contribution in [0.5, 0.6) is 5.75 Å². The molecule has 1 heterocycles. The summed E-state index contributed by atoms with van der Waals surface area (Å²) in [6.45, 7) is 0.276. The Hall–Kier alpha value is -3.10. The second kappa shape index (κ2) is 6.37. The van der Waals surface area contributed by atoms with Crippen molar-refractivity contribution in [2.75, 3.05) is 11.9 Å². The van der Waals surface area contributed by atoms with Crippen molar-refractivity contribution in [2.24, 2.45) is 0 Å². The normalized spacial score (nSPS) is 10.1. The maximum Gasteiger partial charge on any atom is 0.339 e. The molecule has 0 bridgehead atoms. The number of carbonyl (C=O) groups is 2. The number of nitrogens with one attached hydrogen (secondary N) is 2. The van der Waals surface area contributed by atoms with Crippen molar-refractivity contribution in [2.45, 2.75) is 6.42 Å². The monoisotopic (exact) mass is 292 g/mol. The predicted molar refractivity (Wildman–Crippen MR) is 70.1 cm³/mol. The molecule has 0 spiro atoms. The first kappa shape index (κ1) is 14.3. The molecule has 0 aliphatic rings. The summed E-state index contributed by atoms with van der Waals surface area (Å²) in [5.74, 6) is -1.26. The highest BCUT2D eigenvalue weighted by Crippen LogP contribution is 2.21. The third kappa shape index (κ3) is 3.93. The summed E-state index contributed by atoms with van der Waals surface area (Å²) in [7, 11) is 0. The topological polar surface area (TPSA) is 138 Å². The van der Waals surface area contributed by atoms with Crippen LogP contribution in [0.1, 0.15) is 16.2 Å². The van der Waals surface area contributed by atoms with E-state index >= 15 is 0 Å². The fourth-order valence-electron chi connectivity index (χ4n) is 1.55. The van der Waals surface area contributed by atoms with Crippen molar-refractivity contribution in [3.63, 3.8) is 0 Å². The van der Waals surface area contributed by atoms with E-state index in [-0.39, 0.29) is 23.5 Å². The number of carboxylic acid groups (broad SMARTS) is 1. The van der Waals surface area contributed by atoms with Crippen LogP contribution >= 0.6 is 0 Å². The van der Waals surface area contributed by atoms with E-state index < -0.39 is 12.0 Å². The number of aromatic nitrogens is 2. The maximum absolute atomic E-state index is 11.6. The minimum absolute atomic E-state index is 0.250. The number of carbonyl (C=O) groups excluding carboxylic acids is 1. The van der Waals surface area contributed by atoms with Gasteiger partial charge in [-0.3, -0.25) is 0 Å². The van der Waals surface area contributed by atoms with Crippen LogP contribution in [0.3, 0.4) is 0 Å². The molecule has 9 heteroatoms. The smallest absolute Gasteiger partial charge is 0.339 e. The van der Waals surface area contributed by atoms with E-state index in [4.69, 9.17) is 9.63 Å². The van der Waals surface area contributed by atoms with Gasteiger partial charge < -0.3 is 25.4 Å². The number of aromatic hydroxyl groups is 1. The lowest BCUT2D eigenvalue weighted by atomic mass is 10.2. The Morgan fingerprint density at radius 3 is 2.81 bits per heavy atom. The highest BCUT2D eigenvalue weighted by Gasteiger charge is 2.11. The maximum atomic E-state index is 11.6. The van der Waals surface area contributed by atoms with Crippen LogP contribution in [-0.4, -0.2) is 38.9 Å². The second-order valence-electron chi connectivity index (χ2n) is 4.00. The number of benzene rings is 1. The molecular formula is C12H12N4O5. The van der Waals surface area contributed by atoms with Crippen LogP contribution in [-0.2, 0) is 6.42 Å². The predicted octanol–water partition coefficient (Wildman–Crippen LogP) is 0.838. The molecule has 1 aromatic carbocycles. The second-order valence-corrected chi connectivity index (χ2v) is 4.00. The summed E-state index contributed by atoms with van der Waals surface area (Å²) < 4.78 is 4.76. The number of hydrogen-bond donors (Lipinski definition) is 4. The minimum atomic E-state index is -1.28. The van der Waals surface area contributed by atoms with Crippen molar-refractivity contribution >= 4 is 17.7 Å². The molecule has 0 saturated carbocycles. The molecule has 0 atom stereocenters. The lowest BCUT2D eigenvalue weighted by molar-refractivity contribution is 0.0693. The van der Waals surface area contributed by atoms with Gasteiger partial charge in [-0.1, -0.05) is 5.16 Å². The Kier molecular flexibility index (Phi) is 4.34. The van der Waals surface area contributed by atoms with Crippen LogP contribution in [0.2, 0.25) is 0 Å². The average Bonchev–Trinajstić information content (AvgIpc) is 2.94. The van der Waals surface area contributed by atoms with Gasteiger partial charge in [-0.15, -0.1) is 0 Å². The van der Waals surface area contributed by atoms with Crippen molar-refractivity contribution in [1.82, 2.24) is 15.5 Å². The van der Waals surface area contributed by atoms with Gasteiger partial charge in [0.2, 0.25) is 5.89 Å². The van der Waals surface area contributed by atoms with E-state index in [1.54, 1.807) is 0 Å². The highest BCUT2D eigenvalue weighted by molar-refractivity contribution is 5.95. The average molecular weight is 292 g/mol. The van der Waals surface area contributed by atoms with E-state index in [0.29, 0.717) is 12.3 Å². The third-order valence-corrected chi connectivity index (χ3v) is 2.52. The van der Waals surface area contributed by atoms with Gasteiger partial charge in [0.1, 0.15) is 11.3 Å². The molecule has 0 aliphatic heterocycles. The quantitative estimate of drug-likeness (QED) is 0.599. The van der Waals surface area contributed by atoms with Gasteiger partial charge in [0.05, 0.1) is 0 Å². The van der Waals surface area contributed by atoms with Crippen LogP contribution < -0.4 is 10.6 Å². The zero-order chi connectivity index (χ0) is 15.2. The van der Waals surface area contributed by atoms with Gasteiger partial charge in [-0.05, 0) is 18.2 Å². The number of urea groups is 1. The first-order chi connectivity index (χ1) is 10.1. The molecule has 9 nitrogen and oxygen atoms in total. The fourth-order valence-corrected chi connectivity index (χ4v) is 1.55. The SMILES string of the molecule is O=C(NCCc1ncno1)Nc1ccc(O)c(C(=O)O)c1. The first-order valence-corrected chi connectivity index (χ1v) is 5.93. The standard InChI is InChI=1S/C12H12N4O5/c17-9-2-1-7(5-8(9)11(18)19)16-12(20)13-4-3-10-14-6-15-21-10/h1-2,5-6,17H,3-4H2,(H,18,19)(H2,13,16,20). The fraction of sp³-hybridized carbons (Fsp3) is 0.167. The summed E-state index contributed by atoms with van der Waals surface area (Å²) in [4.78, 5) is 26.3. The molecule has 2 aromatic rings. The van der Waals surface area contributed by atoms with Gasteiger partial charge in [-0.2, -0.15) is 4.98 Å². The Labute approximate surface area is 118 Å². The summed E-state index contributed by atoms with van der Waals surface area (Å²) >= 11 is 0. The molecule has 1 aromatic heterocycles. The number of aromatic carboxylic acids is 1. The zero-order valence-electron chi connectivity index (χ0n) is 10.7. The minimum Gasteiger partial charge on any atom is -0.507 e. The van der Waals surface area contributed by atoms with Gasteiger partial charge in [0, 0.05) is 18.7 Å². The van der Waals surface area contributed by atoms with Crippen LogP contribution in [0.15, 0.2) is 29.0 Å². The van der Waals surface area contributed by atoms with E-state index in [0.717, 1.165) is 6.07 Å². The number of rotatable bonds is 5. The number of carboxylic acids is 1. The van der Waals surface area contributed by atoms with E-state index in [9.17, 15) is 14.7 Å². The number of phenols is 1. The number of amides is 2. The van der Waals surface area contributed by atoms with Gasteiger partial charge in [-0.25, -0.2) is 9.59 Å². The van der Waals surface area contributed by atoms with E-state index in [1.807, 2.05) is 0 Å². The van der Waals surface area contributed by atoms with Crippen molar-refractivity contribution in [1.29, 1.82) is 0 Å². The Morgan fingerprint density at radius 1 is 1.33 bits per heavy atom. The van der Waals surface area contributed by atoms with E-state index in [2.05, 4.69) is 20.8 Å². The summed E-state index contributed by atoms with van der Waals surface area (Å²) in [5, 5.41) is 26.6. The summed E-state index contributed by atoms with van der Waals surface area (Å²) in [6.07, 6.45) is 1.64. The third-order valence-electron chi connectivity index (χ3n) is 2.52. The van der Waals surface area contributed by atoms with Crippen molar-refractivity contribution in [3.8, 4) is 5.75 Å². The van der Waals surface area contributed by atoms with Gasteiger partial charge in [0.15, 0.2) is 6.33 Å². The zero-order valence-corrected chi connectivity index (χ0v) is 10.7. The molecule has 110 valence electrons. The number of nitrogens with zero attached hydrogens (tertiary/aromatic N) is 2. The Balaban J connectivity index is 1.87. The molecule has 0 aliphatic carbocycles. The van der Waals surface area contributed by atoms with Crippen molar-refractivity contribution in [3.05, 3.63) is 36.0 Å². The molecule has 0 saturated heterocycles. The van der Waals surface area contributed by atoms with Gasteiger partial charge in [0.25, 0.3) is 0 Å². The molecular weight excluding hydrogens is 280 g/mol. The Morgan fingerprint density at radius 2 is 2.14 bits per heavy atom. The van der Waals surface area contributed by atoms with Crippen LogP contribution in [0.4, 0.5) is 10.5 Å².